The molecule has 1 saturated heterocycles. The highest BCUT2D eigenvalue weighted by atomic mass is 32.2. The van der Waals surface area contributed by atoms with Gasteiger partial charge < -0.3 is 5.73 Å². The van der Waals surface area contributed by atoms with E-state index in [1.807, 2.05) is 0 Å². The molecule has 1 fully saturated rings. The van der Waals surface area contributed by atoms with E-state index in [-0.39, 0.29) is 36.7 Å². The van der Waals surface area contributed by atoms with Crippen LogP contribution in [0.3, 0.4) is 0 Å². The number of H-pyrrole nitrogens is 1. The summed E-state index contributed by atoms with van der Waals surface area (Å²) in [7, 11) is -6.71. The summed E-state index contributed by atoms with van der Waals surface area (Å²) in [6.07, 6.45) is 1.68. The summed E-state index contributed by atoms with van der Waals surface area (Å²) in [5, 5.41) is 5.54. The summed E-state index contributed by atoms with van der Waals surface area (Å²) in [5.74, 6) is 0.0623. The third-order valence-corrected chi connectivity index (χ3v) is 6.68. The molecule has 1 aromatic rings. The van der Waals surface area contributed by atoms with Crippen LogP contribution in [-0.4, -0.2) is 43.8 Å². The van der Waals surface area contributed by atoms with Gasteiger partial charge in [-0.3, -0.25) is 9.82 Å². The monoisotopic (exact) mass is 308 g/mol. The molecule has 0 radical (unpaired) electrons. The Balaban J connectivity index is 2.11. The van der Waals surface area contributed by atoms with Crippen LogP contribution in [0.1, 0.15) is 18.4 Å². The van der Waals surface area contributed by atoms with Crippen LogP contribution in [0.4, 0.5) is 5.82 Å². The minimum absolute atomic E-state index is 0.0920. The number of nitrogens with one attached hydrogen (secondary N) is 2. The Hall–Kier alpha value is -1.13. The van der Waals surface area contributed by atoms with E-state index >= 15 is 0 Å². The molecule has 0 unspecified atom stereocenters. The number of anilines is 1. The number of nitrogens with two attached hydrogens (primary N) is 1. The van der Waals surface area contributed by atoms with Gasteiger partial charge in [0.2, 0.25) is 10.0 Å². The molecule has 0 saturated carbocycles. The number of hydrogen-bond donors (Lipinski definition) is 3. The fourth-order valence-corrected chi connectivity index (χ4v) is 5.23. The van der Waals surface area contributed by atoms with Crippen molar-refractivity contribution < 1.29 is 16.8 Å². The van der Waals surface area contributed by atoms with Gasteiger partial charge >= 0.3 is 0 Å². The number of nitrogens with zero attached hydrogens (tertiary/aromatic N) is 1. The van der Waals surface area contributed by atoms with Crippen molar-refractivity contribution in [3.8, 4) is 0 Å². The zero-order chi connectivity index (χ0) is 14.1. The Bertz CT molecular complexity index is 636. The summed E-state index contributed by atoms with van der Waals surface area (Å²) in [6, 6.07) is 0. The number of rotatable bonds is 4. The fraction of sp³-hybridized carbons (Fsp3) is 0.667. The Morgan fingerprint density at radius 3 is 2.63 bits per heavy atom. The molecule has 0 bridgehead atoms. The molecule has 1 aromatic heterocycles. The lowest BCUT2D eigenvalue weighted by molar-refractivity contribution is 0.555. The standard InChI is InChI=1S/C9H16N4O4S2/c10-5-7-6-11-12-9(7)13-19(16,17)8-1-3-18(14,15)4-2-8/h6,8H,1-5,10H2,(H2,11,12,13). The van der Waals surface area contributed by atoms with E-state index in [4.69, 9.17) is 5.73 Å². The van der Waals surface area contributed by atoms with E-state index < -0.39 is 25.1 Å². The van der Waals surface area contributed by atoms with E-state index in [9.17, 15) is 16.8 Å². The van der Waals surface area contributed by atoms with Crippen LogP contribution in [0.25, 0.3) is 0 Å². The normalized spacial score (nSPS) is 20.3. The van der Waals surface area contributed by atoms with Crippen LogP contribution in [-0.2, 0) is 26.4 Å². The molecule has 0 spiro atoms. The zero-order valence-electron chi connectivity index (χ0n) is 10.2. The number of hydrogen-bond acceptors (Lipinski definition) is 6. The Morgan fingerprint density at radius 2 is 2.05 bits per heavy atom. The maximum Gasteiger partial charge on any atom is 0.236 e. The molecule has 2 heterocycles. The van der Waals surface area contributed by atoms with Crippen molar-refractivity contribution in [2.45, 2.75) is 24.6 Å². The molecule has 4 N–H and O–H groups in total. The highest BCUT2D eigenvalue weighted by Gasteiger charge is 2.33. The molecule has 1 aliphatic heterocycles. The maximum atomic E-state index is 12.1. The predicted octanol–water partition coefficient (Wildman–Crippen LogP) is -0.813. The Labute approximate surface area is 111 Å². The quantitative estimate of drug-likeness (QED) is 0.665. The molecule has 0 atom stereocenters. The SMILES string of the molecule is NCc1cn[nH]c1NS(=O)(=O)C1CCS(=O)(=O)CC1. The van der Waals surface area contributed by atoms with Gasteiger partial charge in [0.1, 0.15) is 15.7 Å². The zero-order valence-corrected chi connectivity index (χ0v) is 11.8. The third kappa shape index (κ3) is 3.25. The molecule has 19 heavy (non-hydrogen) atoms. The van der Waals surface area contributed by atoms with E-state index in [0.29, 0.717) is 5.56 Å². The Morgan fingerprint density at radius 1 is 1.42 bits per heavy atom. The molecule has 8 nitrogen and oxygen atoms in total. The van der Waals surface area contributed by atoms with Crippen LogP contribution in [0.15, 0.2) is 6.20 Å². The van der Waals surface area contributed by atoms with Gasteiger partial charge in [0, 0.05) is 12.1 Å². The first-order chi connectivity index (χ1) is 8.84. The van der Waals surface area contributed by atoms with Crippen LogP contribution in [0.5, 0.6) is 0 Å². The second-order valence-corrected chi connectivity index (χ2v) is 8.74. The number of sulfonamides is 1. The highest BCUT2D eigenvalue weighted by molar-refractivity contribution is 7.94. The van der Waals surface area contributed by atoms with Crippen molar-refractivity contribution in [3.63, 3.8) is 0 Å². The predicted molar refractivity (Wildman–Crippen MR) is 70.7 cm³/mol. The smallest absolute Gasteiger partial charge is 0.236 e. The van der Waals surface area contributed by atoms with Crippen LogP contribution < -0.4 is 10.5 Å². The van der Waals surface area contributed by atoms with Crippen LogP contribution in [0, 0.1) is 0 Å². The molecule has 0 amide bonds. The first kappa shape index (κ1) is 14.3. The van der Waals surface area contributed by atoms with Crippen molar-refractivity contribution in [1.29, 1.82) is 0 Å². The van der Waals surface area contributed by atoms with Gasteiger partial charge in [-0.1, -0.05) is 0 Å². The average molecular weight is 308 g/mol. The van der Waals surface area contributed by atoms with Crippen molar-refractivity contribution >= 4 is 25.7 Å². The fourth-order valence-electron chi connectivity index (χ4n) is 1.96. The minimum atomic E-state index is -3.63. The molecule has 10 heteroatoms. The van der Waals surface area contributed by atoms with E-state index in [1.54, 1.807) is 0 Å². The lowest BCUT2D eigenvalue weighted by atomic mass is 10.2. The summed E-state index contributed by atoms with van der Waals surface area (Å²) >= 11 is 0. The van der Waals surface area contributed by atoms with Gasteiger partial charge in [-0.25, -0.2) is 16.8 Å². The molecule has 2 rings (SSSR count). The van der Waals surface area contributed by atoms with Crippen molar-refractivity contribution in [2.24, 2.45) is 5.73 Å². The van der Waals surface area contributed by atoms with Gasteiger partial charge in [0.05, 0.1) is 23.0 Å². The third-order valence-electron chi connectivity index (χ3n) is 3.12. The van der Waals surface area contributed by atoms with Crippen LogP contribution in [0.2, 0.25) is 0 Å². The summed E-state index contributed by atoms with van der Waals surface area (Å²) in [5.41, 5.74) is 6.02. The average Bonchev–Trinajstić information content (AvgIpc) is 2.75. The lowest BCUT2D eigenvalue weighted by Gasteiger charge is -2.22. The van der Waals surface area contributed by atoms with Gasteiger partial charge in [-0.2, -0.15) is 5.10 Å². The van der Waals surface area contributed by atoms with Gasteiger partial charge in [-0.05, 0) is 12.8 Å². The van der Waals surface area contributed by atoms with E-state index in [1.165, 1.54) is 6.20 Å². The van der Waals surface area contributed by atoms with Crippen molar-refractivity contribution in [1.82, 2.24) is 10.2 Å². The summed E-state index contributed by atoms with van der Waals surface area (Å²) in [6.45, 7) is 0.160. The first-order valence-corrected chi connectivity index (χ1v) is 9.15. The summed E-state index contributed by atoms with van der Waals surface area (Å²) < 4.78 is 49.3. The van der Waals surface area contributed by atoms with Gasteiger partial charge in [0.15, 0.2) is 0 Å². The number of sulfone groups is 1. The van der Waals surface area contributed by atoms with E-state index in [0.717, 1.165) is 0 Å². The first-order valence-electron chi connectivity index (χ1n) is 5.78. The van der Waals surface area contributed by atoms with Crippen LogP contribution >= 0.6 is 0 Å². The number of aromatic amines is 1. The molecular formula is C9H16N4O4S2. The second-order valence-electron chi connectivity index (χ2n) is 4.47. The molecule has 1 aliphatic rings. The second kappa shape index (κ2) is 5.10. The molecule has 0 aliphatic carbocycles. The Kier molecular flexibility index (Phi) is 3.83. The largest absolute Gasteiger partial charge is 0.326 e. The van der Waals surface area contributed by atoms with Gasteiger partial charge in [-0.15, -0.1) is 0 Å². The molecule has 0 aromatic carbocycles. The summed E-state index contributed by atoms with van der Waals surface area (Å²) in [4.78, 5) is 0. The lowest BCUT2D eigenvalue weighted by Crippen LogP contribution is -2.36. The van der Waals surface area contributed by atoms with E-state index in [2.05, 4.69) is 14.9 Å². The molecular weight excluding hydrogens is 292 g/mol. The maximum absolute atomic E-state index is 12.1. The highest BCUT2D eigenvalue weighted by Crippen LogP contribution is 2.22. The minimum Gasteiger partial charge on any atom is -0.326 e. The van der Waals surface area contributed by atoms with Crippen molar-refractivity contribution in [3.05, 3.63) is 11.8 Å². The van der Waals surface area contributed by atoms with Gasteiger partial charge in [0.25, 0.3) is 0 Å². The number of aromatic nitrogens is 2. The van der Waals surface area contributed by atoms with Crippen molar-refractivity contribution in [2.75, 3.05) is 16.2 Å². The molecule has 108 valence electrons. The topological polar surface area (TPSA) is 135 Å².